The maximum atomic E-state index is 12.4. The number of amides is 1. The number of rotatable bonds is 6. The van der Waals surface area contributed by atoms with Crippen molar-refractivity contribution in [2.45, 2.75) is 11.8 Å². The van der Waals surface area contributed by atoms with Crippen molar-refractivity contribution in [1.29, 1.82) is 0 Å². The second-order valence-electron chi connectivity index (χ2n) is 4.57. The zero-order valence-corrected chi connectivity index (χ0v) is 13.8. The van der Waals surface area contributed by atoms with Gasteiger partial charge in [0.05, 0.1) is 11.6 Å². The predicted octanol–water partition coefficient (Wildman–Crippen LogP) is 2.64. The molecule has 122 valence electrons. The molecule has 0 aliphatic carbocycles. The zero-order chi connectivity index (χ0) is 17.0. The Morgan fingerprint density at radius 2 is 1.87 bits per heavy atom. The van der Waals surface area contributed by atoms with E-state index in [-0.39, 0.29) is 15.5 Å². The first kappa shape index (κ1) is 17.1. The van der Waals surface area contributed by atoms with Crippen LogP contribution < -0.4 is 15.2 Å². The van der Waals surface area contributed by atoms with Crippen LogP contribution in [0.4, 0.5) is 5.69 Å². The highest BCUT2D eigenvalue weighted by atomic mass is 35.5. The standard InChI is InChI=1S/C15H15ClN2O4S/c1-2-22-12-6-4-11(5-7-12)18-23(20,21)14-9-10(15(17)19)3-8-13(14)16/h3-9,18H,2H2,1H3,(H2,17,19). The van der Waals surface area contributed by atoms with Crippen LogP contribution in [0.1, 0.15) is 17.3 Å². The molecular formula is C15H15ClN2O4S. The van der Waals surface area contributed by atoms with E-state index < -0.39 is 15.9 Å². The fourth-order valence-electron chi connectivity index (χ4n) is 1.86. The Bertz CT molecular complexity index is 820. The molecule has 1 amide bonds. The minimum atomic E-state index is -3.96. The van der Waals surface area contributed by atoms with Gasteiger partial charge in [-0.25, -0.2) is 8.42 Å². The van der Waals surface area contributed by atoms with Gasteiger partial charge in [-0.05, 0) is 49.4 Å². The number of halogens is 1. The lowest BCUT2D eigenvalue weighted by atomic mass is 10.2. The number of carbonyl (C=O) groups is 1. The number of nitrogens with two attached hydrogens (primary N) is 1. The van der Waals surface area contributed by atoms with Gasteiger partial charge in [0.1, 0.15) is 10.6 Å². The number of hydrogen-bond donors (Lipinski definition) is 2. The smallest absolute Gasteiger partial charge is 0.263 e. The van der Waals surface area contributed by atoms with Gasteiger partial charge >= 0.3 is 0 Å². The molecule has 6 nitrogen and oxygen atoms in total. The lowest BCUT2D eigenvalue weighted by molar-refractivity contribution is 0.1000. The number of hydrogen-bond acceptors (Lipinski definition) is 4. The van der Waals surface area contributed by atoms with Crippen molar-refractivity contribution in [3.63, 3.8) is 0 Å². The molecule has 0 aliphatic heterocycles. The van der Waals surface area contributed by atoms with E-state index in [1.165, 1.54) is 12.1 Å². The van der Waals surface area contributed by atoms with Crippen LogP contribution in [0.25, 0.3) is 0 Å². The highest BCUT2D eigenvalue weighted by molar-refractivity contribution is 7.92. The first-order valence-electron chi connectivity index (χ1n) is 6.68. The summed E-state index contributed by atoms with van der Waals surface area (Å²) in [5.74, 6) is -0.108. The quantitative estimate of drug-likeness (QED) is 0.833. The molecule has 0 fully saturated rings. The molecule has 0 unspecified atom stereocenters. The van der Waals surface area contributed by atoms with Crippen LogP contribution in [-0.2, 0) is 10.0 Å². The van der Waals surface area contributed by atoms with Gasteiger partial charge in [0, 0.05) is 11.3 Å². The summed E-state index contributed by atoms with van der Waals surface area (Å²) in [4.78, 5) is 11.0. The van der Waals surface area contributed by atoms with Crippen LogP contribution in [0, 0.1) is 0 Å². The Hall–Kier alpha value is -2.25. The summed E-state index contributed by atoms with van der Waals surface area (Å²) in [5, 5.41) is -0.00608. The van der Waals surface area contributed by atoms with Crippen LogP contribution in [0.2, 0.25) is 5.02 Å². The molecule has 3 N–H and O–H groups in total. The Morgan fingerprint density at radius 1 is 1.22 bits per heavy atom. The summed E-state index contributed by atoms with van der Waals surface area (Å²) in [5.41, 5.74) is 5.56. The van der Waals surface area contributed by atoms with E-state index in [1.807, 2.05) is 6.92 Å². The Morgan fingerprint density at radius 3 is 2.43 bits per heavy atom. The van der Waals surface area contributed by atoms with Gasteiger partial charge in [0.15, 0.2) is 0 Å². The third kappa shape index (κ3) is 4.14. The summed E-state index contributed by atoms with van der Waals surface area (Å²) in [6, 6.07) is 10.2. The molecule has 8 heteroatoms. The SMILES string of the molecule is CCOc1ccc(NS(=O)(=O)c2cc(C(N)=O)ccc2Cl)cc1. The Labute approximate surface area is 139 Å². The lowest BCUT2D eigenvalue weighted by Gasteiger charge is -2.11. The van der Waals surface area contributed by atoms with Crippen LogP contribution in [-0.4, -0.2) is 20.9 Å². The van der Waals surface area contributed by atoms with Crippen molar-refractivity contribution < 1.29 is 17.9 Å². The monoisotopic (exact) mass is 354 g/mol. The number of nitrogens with one attached hydrogen (secondary N) is 1. The van der Waals surface area contributed by atoms with Crippen molar-refractivity contribution in [2.75, 3.05) is 11.3 Å². The molecule has 0 bridgehead atoms. The van der Waals surface area contributed by atoms with Gasteiger partial charge in [-0.3, -0.25) is 9.52 Å². The molecule has 0 radical (unpaired) electrons. The van der Waals surface area contributed by atoms with Gasteiger partial charge in [-0.2, -0.15) is 0 Å². The van der Waals surface area contributed by atoms with Gasteiger partial charge in [0.2, 0.25) is 5.91 Å². The topological polar surface area (TPSA) is 98.5 Å². The Kier molecular flexibility index (Phi) is 5.12. The fourth-order valence-corrected chi connectivity index (χ4v) is 3.44. The third-order valence-electron chi connectivity index (χ3n) is 2.92. The first-order valence-corrected chi connectivity index (χ1v) is 8.54. The van der Waals surface area contributed by atoms with E-state index >= 15 is 0 Å². The number of carbonyl (C=O) groups excluding carboxylic acids is 1. The summed E-state index contributed by atoms with van der Waals surface area (Å²) in [6.45, 7) is 2.37. The van der Waals surface area contributed by atoms with Crippen LogP contribution >= 0.6 is 11.6 Å². The molecule has 2 aromatic rings. The van der Waals surface area contributed by atoms with Crippen molar-refractivity contribution >= 4 is 33.2 Å². The van der Waals surface area contributed by atoms with Crippen LogP contribution in [0.15, 0.2) is 47.4 Å². The molecule has 0 aromatic heterocycles. The summed E-state index contributed by atoms with van der Waals surface area (Å²) in [7, 11) is -3.96. The molecule has 0 atom stereocenters. The van der Waals surface area contributed by atoms with Crippen molar-refractivity contribution in [3.05, 3.63) is 53.1 Å². The zero-order valence-electron chi connectivity index (χ0n) is 12.2. The number of anilines is 1. The van der Waals surface area contributed by atoms with Gasteiger partial charge in [0.25, 0.3) is 10.0 Å². The van der Waals surface area contributed by atoms with Crippen molar-refractivity contribution in [1.82, 2.24) is 0 Å². The Balaban J connectivity index is 2.31. The van der Waals surface area contributed by atoms with Gasteiger partial charge in [-0.1, -0.05) is 11.6 Å². The average molecular weight is 355 g/mol. The maximum Gasteiger partial charge on any atom is 0.263 e. The van der Waals surface area contributed by atoms with E-state index in [0.717, 1.165) is 6.07 Å². The molecule has 0 saturated heterocycles. The largest absolute Gasteiger partial charge is 0.494 e. The second-order valence-corrected chi connectivity index (χ2v) is 6.63. The fraction of sp³-hybridized carbons (Fsp3) is 0.133. The molecule has 0 aliphatic rings. The molecular weight excluding hydrogens is 340 g/mol. The first-order chi connectivity index (χ1) is 10.8. The second kappa shape index (κ2) is 6.89. The summed E-state index contributed by atoms with van der Waals surface area (Å²) >= 11 is 5.93. The highest BCUT2D eigenvalue weighted by Gasteiger charge is 2.20. The van der Waals surface area contributed by atoms with Crippen LogP contribution in [0.3, 0.4) is 0 Å². The molecule has 23 heavy (non-hydrogen) atoms. The van der Waals surface area contributed by atoms with E-state index in [9.17, 15) is 13.2 Å². The number of sulfonamides is 1. The van der Waals surface area contributed by atoms with E-state index in [2.05, 4.69) is 4.72 Å². The minimum absolute atomic E-state index is 0.00608. The van der Waals surface area contributed by atoms with Crippen molar-refractivity contribution in [3.8, 4) is 5.75 Å². The minimum Gasteiger partial charge on any atom is -0.494 e. The molecule has 0 spiro atoms. The highest BCUT2D eigenvalue weighted by Crippen LogP contribution is 2.25. The molecule has 2 aromatic carbocycles. The average Bonchev–Trinajstić information content (AvgIpc) is 2.49. The molecule has 2 rings (SSSR count). The number of benzene rings is 2. The van der Waals surface area contributed by atoms with Crippen molar-refractivity contribution in [2.24, 2.45) is 5.73 Å². The molecule has 0 saturated carbocycles. The third-order valence-corrected chi connectivity index (χ3v) is 4.79. The van der Waals surface area contributed by atoms with Crippen LogP contribution in [0.5, 0.6) is 5.75 Å². The summed E-state index contributed by atoms with van der Waals surface area (Å²) in [6.07, 6.45) is 0. The predicted molar refractivity (Wildman–Crippen MR) is 88.4 cm³/mol. The number of primary amides is 1. The normalized spacial score (nSPS) is 11.0. The number of ether oxygens (including phenoxy) is 1. The van der Waals surface area contributed by atoms with E-state index in [1.54, 1.807) is 24.3 Å². The molecule has 0 heterocycles. The van der Waals surface area contributed by atoms with Gasteiger partial charge in [-0.15, -0.1) is 0 Å². The lowest BCUT2D eigenvalue weighted by Crippen LogP contribution is -2.16. The summed E-state index contributed by atoms with van der Waals surface area (Å²) < 4.78 is 32.5. The maximum absolute atomic E-state index is 12.4. The van der Waals surface area contributed by atoms with E-state index in [4.69, 9.17) is 22.1 Å². The van der Waals surface area contributed by atoms with Gasteiger partial charge < -0.3 is 10.5 Å². The van der Waals surface area contributed by atoms with E-state index in [0.29, 0.717) is 18.0 Å².